The first-order chi connectivity index (χ1) is 15.5. The molecular formula is C24H18ClN3O2S2. The molecule has 0 saturated heterocycles. The Labute approximate surface area is 197 Å². The Bertz CT molecular complexity index is 1470. The van der Waals surface area contributed by atoms with E-state index in [1.165, 1.54) is 23.1 Å². The van der Waals surface area contributed by atoms with Gasteiger partial charge in [-0.15, -0.1) is 11.3 Å². The number of halogens is 1. The summed E-state index contributed by atoms with van der Waals surface area (Å²) in [6.45, 7) is 3.81. The van der Waals surface area contributed by atoms with Crippen molar-refractivity contribution in [3.63, 3.8) is 0 Å². The summed E-state index contributed by atoms with van der Waals surface area (Å²) in [7, 11) is 0. The van der Waals surface area contributed by atoms with Gasteiger partial charge in [0, 0.05) is 32.8 Å². The van der Waals surface area contributed by atoms with Crippen molar-refractivity contribution in [3.05, 3.63) is 92.4 Å². The van der Waals surface area contributed by atoms with Crippen LogP contribution in [0.15, 0.2) is 74.5 Å². The van der Waals surface area contributed by atoms with Crippen LogP contribution in [-0.4, -0.2) is 14.7 Å². The Balaban J connectivity index is 1.70. The number of thioether (sulfide) groups is 1. The van der Waals surface area contributed by atoms with Crippen LogP contribution in [0.3, 0.4) is 0 Å². The lowest BCUT2D eigenvalue weighted by atomic mass is 10.1. The van der Waals surface area contributed by atoms with Gasteiger partial charge in [-0.1, -0.05) is 64.9 Å². The van der Waals surface area contributed by atoms with Crippen molar-refractivity contribution < 1.29 is 4.52 Å². The third-order valence-corrected chi connectivity index (χ3v) is 7.45. The number of aryl methyl sites for hydroxylation is 2. The van der Waals surface area contributed by atoms with E-state index in [9.17, 15) is 4.79 Å². The summed E-state index contributed by atoms with van der Waals surface area (Å²) >= 11 is 9.40. The van der Waals surface area contributed by atoms with E-state index < -0.39 is 0 Å². The van der Waals surface area contributed by atoms with Crippen molar-refractivity contribution in [1.82, 2.24) is 14.7 Å². The van der Waals surface area contributed by atoms with E-state index in [4.69, 9.17) is 21.1 Å². The van der Waals surface area contributed by atoms with Crippen LogP contribution in [0, 0.1) is 13.8 Å². The molecule has 0 radical (unpaired) electrons. The average molecular weight is 480 g/mol. The number of hydrogen-bond donors (Lipinski definition) is 0. The minimum absolute atomic E-state index is 0.112. The number of nitrogens with zero attached hydrogens (tertiary/aromatic N) is 3. The molecule has 3 heterocycles. The number of fused-ring (bicyclic) bond motifs is 1. The lowest BCUT2D eigenvalue weighted by molar-refractivity contribution is 0.392. The summed E-state index contributed by atoms with van der Waals surface area (Å²) in [6, 6.07) is 17.1. The Morgan fingerprint density at radius 2 is 1.81 bits per heavy atom. The van der Waals surface area contributed by atoms with Crippen molar-refractivity contribution >= 4 is 44.9 Å². The molecule has 5 aromatic rings. The summed E-state index contributed by atoms with van der Waals surface area (Å²) in [5.74, 6) is 1.39. The molecule has 0 unspecified atom stereocenters. The first-order valence-electron chi connectivity index (χ1n) is 9.93. The van der Waals surface area contributed by atoms with E-state index in [0.29, 0.717) is 26.1 Å². The smallest absolute Gasteiger partial charge is 0.268 e. The molecule has 2 aromatic carbocycles. The Morgan fingerprint density at radius 3 is 2.53 bits per heavy atom. The maximum atomic E-state index is 13.9. The molecule has 0 fully saturated rings. The summed E-state index contributed by atoms with van der Waals surface area (Å²) in [4.78, 5) is 19.4. The predicted molar refractivity (Wildman–Crippen MR) is 131 cm³/mol. The molecule has 0 bridgehead atoms. The van der Waals surface area contributed by atoms with E-state index in [1.807, 2.05) is 73.8 Å². The van der Waals surface area contributed by atoms with Gasteiger partial charge in [0.05, 0.1) is 16.8 Å². The minimum Gasteiger partial charge on any atom is -0.361 e. The zero-order chi connectivity index (χ0) is 22.2. The highest BCUT2D eigenvalue weighted by Crippen LogP contribution is 2.36. The first kappa shape index (κ1) is 21.0. The van der Waals surface area contributed by atoms with Crippen LogP contribution in [0.1, 0.15) is 17.0 Å². The minimum atomic E-state index is -0.112. The maximum Gasteiger partial charge on any atom is 0.268 e. The number of para-hydroxylation sites is 1. The van der Waals surface area contributed by atoms with Crippen molar-refractivity contribution in [1.29, 1.82) is 0 Å². The van der Waals surface area contributed by atoms with Gasteiger partial charge in [-0.05, 0) is 32.0 Å². The number of benzene rings is 2. The number of hydrogen-bond acceptors (Lipinski definition) is 6. The number of aromatic nitrogens is 3. The molecule has 0 atom stereocenters. The van der Waals surface area contributed by atoms with Crippen LogP contribution >= 0.6 is 34.7 Å². The summed E-state index contributed by atoms with van der Waals surface area (Å²) in [5, 5.41) is 7.80. The van der Waals surface area contributed by atoms with Gasteiger partial charge in [-0.2, -0.15) is 0 Å². The normalized spacial score (nSPS) is 11.3. The average Bonchev–Trinajstić information content (AvgIpc) is 3.36. The Hall–Kier alpha value is -2.87. The monoisotopic (exact) mass is 479 g/mol. The van der Waals surface area contributed by atoms with Crippen molar-refractivity contribution in [2.75, 3.05) is 0 Å². The molecule has 5 rings (SSSR count). The molecule has 0 spiro atoms. The second kappa shape index (κ2) is 8.58. The molecule has 0 saturated carbocycles. The fraction of sp³-hybridized carbons (Fsp3) is 0.125. The van der Waals surface area contributed by atoms with Gasteiger partial charge in [-0.25, -0.2) is 4.98 Å². The summed E-state index contributed by atoms with van der Waals surface area (Å²) < 4.78 is 6.97. The predicted octanol–water partition coefficient (Wildman–Crippen LogP) is 6.66. The molecule has 3 aromatic heterocycles. The van der Waals surface area contributed by atoms with Crippen LogP contribution in [0.5, 0.6) is 0 Å². The highest BCUT2D eigenvalue weighted by molar-refractivity contribution is 7.98. The van der Waals surface area contributed by atoms with Crippen LogP contribution in [0.4, 0.5) is 0 Å². The highest BCUT2D eigenvalue weighted by Gasteiger charge is 2.20. The number of rotatable bonds is 5. The highest BCUT2D eigenvalue weighted by atomic mass is 35.5. The molecule has 0 aliphatic heterocycles. The van der Waals surface area contributed by atoms with Crippen LogP contribution < -0.4 is 5.56 Å². The maximum absolute atomic E-state index is 13.9. The second-order valence-electron chi connectivity index (χ2n) is 7.27. The van der Waals surface area contributed by atoms with E-state index >= 15 is 0 Å². The van der Waals surface area contributed by atoms with E-state index in [-0.39, 0.29) is 5.56 Å². The third-order valence-electron chi connectivity index (χ3n) is 5.28. The Kier molecular flexibility index (Phi) is 5.63. The van der Waals surface area contributed by atoms with Gasteiger partial charge in [0.2, 0.25) is 0 Å². The van der Waals surface area contributed by atoms with Crippen molar-refractivity contribution in [2.24, 2.45) is 0 Å². The largest absolute Gasteiger partial charge is 0.361 e. The topological polar surface area (TPSA) is 60.9 Å². The van der Waals surface area contributed by atoms with Crippen LogP contribution in [0.2, 0.25) is 5.02 Å². The molecule has 0 N–H and O–H groups in total. The number of thiophene rings is 1. The fourth-order valence-electron chi connectivity index (χ4n) is 3.60. The molecule has 160 valence electrons. The zero-order valence-electron chi connectivity index (χ0n) is 17.3. The van der Waals surface area contributed by atoms with Crippen molar-refractivity contribution in [3.8, 4) is 16.8 Å². The van der Waals surface area contributed by atoms with Gasteiger partial charge in [0.25, 0.3) is 5.56 Å². The SMILES string of the molecule is Cc1noc(C)c1CSc1nc2scc(-c3ccccc3Cl)c2c(=O)n1-c1ccccc1. The third kappa shape index (κ3) is 3.66. The van der Waals surface area contributed by atoms with Gasteiger partial charge in [0.15, 0.2) is 5.16 Å². The summed E-state index contributed by atoms with van der Waals surface area (Å²) in [5.41, 5.74) is 4.16. The fourth-order valence-corrected chi connectivity index (χ4v) is 5.98. The van der Waals surface area contributed by atoms with Gasteiger partial charge < -0.3 is 4.52 Å². The first-order valence-corrected chi connectivity index (χ1v) is 12.2. The van der Waals surface area contributed by atoms with E-state index in [1.54, 1.807) is 4.57 Å². The molecule has 5 nitrogen and oxygen atoms in total. The molecule has 8 heteroatoms. The van der Waals surface area contributed by atoms with Gasteiger partial charge in [-0.3, -0.25) is 9.36 Å². The molecular weight excluding hydrogens is 462 g/mol. The molecule has 0 amide bonds. The van der Waals surface area contributed by atoms with E-state index in [2.05, 4.69) is 5.16 Å². The molecule has 0 aliphatic rings. The van der Waals surface area contributed by atoms with Crippen LogP contribution in [-0.2, 0) is 5.75 Å². The second-order valence-corrected chi connectivity index (χ2v) is 9.48. The lowest BCUT2D eigenvalue weighted by Gasteiger charge is -2.13. The van der Waals surface area contributed by atoms with Gasteiger partial charge >= 0.3 is 0 Å². The standard InChI is InChI=1S/C24H18ClN3O2S2/c1-14-18(15(2)30-27-14)12-32-24-26-22-21(23(29)28(24)16-8-4-3-5-9-16)19(13-31-22)17-10-6-7-11-20(17)25/h3-11,13H,12H2,1-2H3. The molecule has 32 heavy (non-hydrogen) atoms. The quantitative estimate of drug-likeness (QED) is 0.208. The van der Waals surface area contributed by atoms with E-state index in [0.717, 1.165) is 33.8 Å². The molecule has 0 aliphatic carbocycles. The Morgan fingerprint density at radius 1 is 1.06 bits per heavy atom. The zero-order valence-corrected chi connectivity index (χ0v) is 19.7. The van der Waals surface area contributed by atoms with Crippen molar-refractivity contribution in [2.45, 2.75) is 24.8 Å². The lowest BCUT2D eigenvalue weighted by Crippen LogP contribution is -2.21. The van der Waals surface area contributed by atoms with Gasteiger partial charge in [0.1, 0.15) is 10.6 Å². The summed E-state index contributed by atoms with van der Waals surface area (Å²) in [6.07, 6.45) is 0. The van der Waals surface area contributed by atoms with Crippen LogP contribution in [0.25, 0.3) is 27.0 Å².